The Balaban J connectivity index is 2.68. The van der Waals surface area contributed by atoms with E-state index in [1.165, 1.54) is 6.92 Å². The van der Waals surface area contributed by atoms with Crippen molar-refractivity contribution in [2.45, 2.75) is 26.4 Å². The monoisotopic (exact) mass is 224 g/mol. The Morgan fingerprint density at radius 3 is 2.50 bits per heavy atom. The molecular weight excluding hydrogens is 208 g/mol. The number of aryl methyl sites for hydroxylation is 2. The van der Waals surface area contributed by atoms with Gasteiger partial charge in [-0.3, -0.25) is 0 Å². The molecule has 2 N–H and O–H groups in total. The fourth-order valence-electron chi connectivity index (χ4n) is 1.09. The number of benzene rings is 1. The molecule has 0 bridgehead atoms. The van der Waals surface area contributed by atoms with Crippen LogP contribution in [0.3, 0.4) is 0 Å². The van der Waals surface area contributed by atoms with E-state index in [1.54, 1.807) is 6.07 Å². The Labute approximate surface area is 94.5 Å². The molecule has 1 unspecified atom stereocenters. The van der Waals surface area contributed by atoms with Crippen LogP contribution < -0.4 is 4.74 Å². The summed E-state index contributed by atoms with van der Waals surface area (Å²) in [5, 5.41) is 18.1. The standard InChI is InChI=1S/C12H16O4/c1-8-4-5-10(6-9(8)2)16-7-12(3,15)11(13)14/h4-6,15H,7H2,1-3H3,(H,13,14). The van der Waals surface area contributed by atoms with Gasteiger partial charge in [0.2, 0.25) is 0 Å². The van der Waals surface area contributed by atoms with Crippen LogP contribution in [0, 0.1) is 13.8 Å². The molecule has 0 heterocycles. The van der Waals surface area contributed by atoms with E-state index < -0.39 is 11.6 Å². The molecule has 0 aliphatic carbocycles. The van der Waals surface area contributed by atoms with E-state index in [2.05, 4.69) is 0 Å². The minimum Gasteiger partial charge on any atom is -0.490 e. The number of rotatable bonds is 4. The van der Waals surface area contributed by atoms with Crippen molar-refractivity contribution in [3.8, 4) is 5.75 Å². The maximum absolute atomic E-state index is 10.6. The number of carboxylic acid groups (broad SMARTS) is 1. The van der Waals surface area contributed by atoms with Crippen molar-refractivity contribution in [3.63, 3.8) is 0 Å². The topological polar surface area (TPSA) is 66.8 Å². The van der Waals surface area contributed by atoms with Crippen LogP contribution in [0.25, 0.3) is 0 Å². The summed E-state index contributed by atoms with van der Waals surface area (Å²) in [5.41, 5.74) is 0.337. The first-order valence-electron chi connectivity index (χ1n) is 4.99. The van der Waals surface area contributed by atoms with Crippen molar-refractivity contribution >= 4 is 5.97 Å². The predicted molar refractivity (Wildman–Crippen MR) is 59.7 cm³/mol. The van der Waals surface area contributed by atoms with E-state index in [-0.39, 0.29) is 6.61 Å². The molecule has 0 fully saturated rings. The van der Waals surface area contributed by atoms with Crippen LogP contribution >= 0.6 is 0 Å². The summed E-state index contributed by atoms with van der Waals surface area (Å²) in [6, 6.07) is 5.45. The van der Waals surface area contributed by atoms with Gasteiger partial charge in [-0.1, -0.05) is 6.07 Å². The van der Waals surface area contributed by atoms with E-state index in [1.807, 2.05) is 26.0 Å². The lowest BCUT2D eigenvalue weighted by Crippen LogP contribution is -2.41. The molecule has 0 aromatic heterocycles. The molecule has 0 saturated carbocycles. The molecule has 88 valence electrons. The Bertz CT molecular complexity index is 396. The second-order valence-electron chi connectivity index (χ2n) is 4.11. The zero-order valence-electron chi connectivity index (χ0n) is 9.65. The maximum atomic E-state index is 10.6. The Morgan fingerprint density at radius 1 is 1.38 bits per heavy atom. The number of aliphatic hydroxyl groups is 1. The molecule has 0 aliphatic heterocycles. The second-order valence-corrected chi connectivity index (χ2v) is 4.11. The zero-order chi connectivity index (χ0) is 12.3. The zero-order valence-corrected chi connectivity index (χ0v) is 9.65. The number of aliphatic carboxylic acids is 1. The molecule has 0 spiro atoms. The lowest BCUT2D eigenvalue weighted by Gasteiger charge is -2.18. The van der Waals surface area contributed by atoms with Gasteiger partial charge < -0.3 is 14.9 Å². The highest BCUT2D eigenvalue weighted by atomic mass is 16.5. The van der Waals surface area contributed by atoms with Gasteiger partial charge >= 0.3 is 5.97 Å². The summed E-state index contributed by atoms with van der Waals surface area (Å²) in [6.07, 6.45) is 0. The largest absolute Gasteiger partial charge is 0.490 e. The average Bonchev–Trinajstić information content (AvgIpc) is 2.20. The smallest absolute Gasteiger partial charge is 0.339 e. The number of hydrogen-bond donors (Lipinski definition) is 2. The van der Waals surface area contributed by atoms with Gasteiger partial charge in [0.1, 0.15) is 12.4 Å². The highest BCUT2D eigenvalue weighted by Gasteiger charge is 2.30. The molecule has 1 atom stereocenters. The van der Waals surface area contributed by atoms with Crippen LogP contribution in [0.4, 0.5) is 0 Å². The minimum atomic E-state index is -1.86. The summed E-state index contributed by atoms with van der Waals surface area (Å²) in [5.74, 6) is -0.735. The molecule has 1 aromatic rings. The van der Waals surface area contributed by atoms with Crippen LogP contribution in [0.1, 0.15) is 18.1 Å². The van der Waals surface area contributed by atoms with Crippen molar-refractivity contribution in [2.75, 3.05) is 6.61 Å². The summed E-state index contributed by atoms with van der Waals surface area (Å²) >= 11 is 0. The summed E-state index contributed by atoms with van der Waals surface area (Å²) in [4.78, 5) is 10.6. The molecule has 0 saturated heterocycles. The average molecular weight is 224 g/mol. The fraction of sp³-hybridized carbons (Fsp3) is 0.417. The van der Waals surface area contributed by atoms with E-state index in [0.717, 1.165) is 11.1 Å². The van der Waals surface area contributed by atoms with Gasteiger partial charge in [0.25, 0.3) is 0 Å². The number of hydrogen-bond acceptors (Lipinski definition) is 3. The van der Waals surface area contributed by atoms with Crippen molar-refractivity contribution < 1.29 is 19.7 Å². The molecule has 0 radical (unpaired) electrons. The van der Waals surface area contributed by atoms with Gasteiger partial charge in [-0.25, -0.2) is 4.79 Å². The Kier molecular flexibility index (Phi) is 3.55. The molecule has 16 heavy (non-hydrogen) atoms. The third-order valence-corrected chi connectivity index (χ3v) is 2.46. The SMILES string of the molecule is Cc1ccc(OCC(C)(O)C(=O)O)cc1C. The molecule has 1 aromatic carbocycles. The number of ether oxygens (including phenoxy) is 1. The van der Waals surface area contributed by atoms with Gasteiger partial charge in [-0.15, -0.1) is 0 Å². The van der Waals surface area contributed by atoms with Crippen LogP contribution in [0.5, 0.6) is 5.75 Å². The van der Waals surface area contributed by atoms with Crippen molar-refractivity contribution in [2.24, 2.45) is 0 Å². The summed E-state index contributed by atoms with van der Waals surface area (Å²) in [6.45, 7) is 4.85. The first kappa shape index (κ1) is 12.5. The molecule has 0 aliphatic rings. The van der Waals surface area contributed by atoms with Gasteiger partial charge in [-0.2, -0.15) is 0 Å². The Hall–Kier alpha value is -1.55. The molecule has 1 rings (SSSR count). The van der Waals surface area contributed by atoms with Crippen LogP contribution in [0.2, 0.25) is 0 Å². The van der Waals surface area contributed by atoms with E-state index in [4.69, 9.17) is 9.84 Å². The molecule has 4 nitrogen and oxygen atoms in total. The third kappa shape index (κ3) is 2.97. The minimum absolute atomic E-state index is 0.273. The van der Waals surface area contributed by atoms with Gasteiger partial charge in [0.05, 0.1) is 0 Å². The van der Waals surface area contributed by atoms with E-state index in [9.17, 15) is 9.90 Å². The van der Waals surface area contributed by atoms with E-state index >= 15 is 0 Å². The normalized spacial score (nSPS) is 14.2. The predicted octanol–water partition coefficient (Wildman–Crippen LogP) is 1.52. The number of carbonyl (C=O) groups is 1. The first-order valence-corrected chi connectivity index (χ1v) is 4.99. The fourth-order valence-corrected chi connectivity index (χ4v) is 1.09. The molecule has 0 amide bonds. The van der Waals surface area contributed by atoms with Crippen molar-refractivity contribution in [1.29, 1.82) is 0 Å². The number of carboxylic acids is 1. The van der Waals surface area contributed by atoms with Crippen LogP contribution in [0.15, 0.2) is 18.2 Å². The van der Waals surface area contributed by atoms with Gasteiger partial charge in [0, 0.05) is 0 Å². The second kappa shape index (κ2) is 4.53. The molecular formula is C12H16O4. The third-order valence-electron chi connectivity index (χ3n) is 2.46. The van der Waals surface area contributed by atoms with Crippen molar-refractivity contribution in [1.82, 2.24) is 0 Å². The molecule has 4 heteroatoms. The van der Waals surface area contributed by atoms with Gasteiger partial charge in [-0.05, 0) is 44.0 Å². The highest BCUT2D eigenvalue weighted by Crippen LogP contribution is 2.17. The lowest BCUT2D eigenvalue weighted by molar-refractivity contribution is -0.159. The van der Waals surface area contributed by atoms with Crippen LogP contribution in [-0.4, -0.2) is 28.4 Å². The summed E-state index contributed by atoms with van der Waals surface area (Å²) in [7, 11) is 0. The van der Waals surface area contributed by atoms with E-state index in [0.29, 0.717) is 5.75 Å². The van der Waals surface area contributed by atoms with Crippen LogP contribution in [-0.2, 0) is 4.79 Å². The highest BCUT2D eigenvalue weighted by molar-refractivity contribution is 5.76. The summed E-state index contributed by atoms with van der Waals surface area (Å²) < 4.78 is 5.24. The van der Waals surface area contributed by atoms with Gasteiger partial charge in [0.15, 0.2) is 5.60 Å². The van der Waals surface area contributed by atoms with Crippen molar-refractivity contribution in [3.05, 3.63) is 29.3 Å². The maximum Gasteiger partial charge on any atom is 0.339 e. The first-order chi connectivity index (χ1) is 7.33. The lowest BCUT2D eigenvalue weighted by atomic mass is 10.1. The Morgan fingerprint density at radius 2 is 2.00 bits per heavy atom. The quantitative estimate of drug-likeness (QED) is 0.813.